The fourth-order valence-electron chi connectivity index (χ4n) is 3.05. The topological polar surface area (TPSA) is 24.5 Å². The van der Waals surface area contributed by atoms with E-state index in [1.807, 2.05) is 18.2 Å². The van der Waals surface area contributed by atoms with Crippen LogP contribution < -0.4 is 5.32 Å². The fourth-order valence-corrected chi connectivity index (χ4v) is 3.24. The zero-order chi connectivity index (χ0) is 15.1. The molecule has 1 aromatic rings. The van der Waals surface area contributed by atoms with E-state index in [0.29, 0.717) is 0 Å². The lowest BCUT2D eigenvalue weighted by atomic mass is 9.86. The largest absolute Gasteiger partial charge is 0.381 e. The molecule has 0 aromatic heterocycles. The average Bonchev–Trinajstić information content (AvgIpc) is 2.90. The van der Waals surface area contributed by atoms with E-state index in [2.05, 4.69) is 30.3 Å². The number of nitrogens with zero attached hydrogens (tertiary/aromatic N) is 1. The summed E-state index contributed by atoms with van der Waals surface area (Å²) in [6.07, 6.45) is 2.31. The van der Waals surface area contributed by atoms with E-state index in [0.717, 1.165) is 50.8 Å². The Labute approximate surface area is 133 Å². The number of nitrogens with one attached hydrogen (secondary N) is 1. The van der Waals surface area contributed by atoms with Crippen molar-refractivity contribution in [3.05, 3.63) is 34.9 Å². The van der Waals surface area contributed by atoms with Gasteiger partial charge in [0.25, 0.3) is 0 Å². The van der Waals surface area contributed by atoms with Crippen LogP contribution in [0.5, 0.6) is 0 Å². The molecule has 1 aliphatic heterocycles. The molecule has 1 aromatic carbocycles. The van der Waals surface area contributed by atoms with Gasteiger partial charge in [-0.25, -0.2) is 0 Å². The van der Waals surface area contributed by atoms with Crippen LogP contribution in [-0.2, 0) is 11.3 Å². The van der Waals surface area contributed by atoms with Gasteiger partial charge >= 0.3 is 0 Å². The molecule has 1 saturated heterocycles. The van der Waals surface area contributed by atoms with Gasteiger partial charge in [-0.05, 0) is 38.1 Å². The molecule has 0 saturated carbocycles. The maximum Gasteiger partial charge on any atom is 0.0547 e. The van der Waals surface area contributed by atoms with Crippen molar-refractivity contribution in [2.24, 2.45) is 5.41 Å². The van der Waals surface area contributed by atoms with Crippen molar-refractivity contribution < 1.29 is 4.74 Å². The Hall–Kier alpha value is -0.610. The molecular formula is C17H27ClN2O. The van der Waals surface area contributed by atoms with E-state index in [-0.39, 0.29) is 5.41 Å². The first-order chi connectivity index (χ1) is 10.2. The van der Waals surface area contributed by atoms with Gasteiger partial charge in [-0.3, -0.25) is 0 Å². The predicted molar refractivity (Wildman–Crippen MR) is 88.8 cm³/mol. The van der Waals surface area contributed by atoms with Gasteiger partial charge in [0.15, 0.2) is 0 Å². The third kappa shape index (κ3) is 4.96. The number of benzene rings is 1. The highest BCUT2D eigenvalue weighted by Crippen LogP contribution is 2.29. The van der Waals surface area contributed by atoms with Crippen LogP contribution in [0, 0.1) is 5.41 Å². The van der Waals surface area contributed by atoms with Crippen LogP contribution in [0.2, 0.25) is 5.02 Å². The van der Waals surface area contributed by atoms with E-state index in [1.165, 1.54) is 12.0 Å². The normalized spacial score (nSPS) is 22.1. The van der Waals surface area contributed by atoms with Gasteiger partial charge in [0.05, 0.1) is 6.61 Å². The third-order valence-corrected chi connectivity index (χ3v) is 4.48. The summed E-state index contributed by atoms with van der Waals surface area (Å²) in [5, 5.41) is 4.42. The molecular weight excluding hydrogens is 284 g/mol. The van der Waals surface area contributed by atoms with Crippen LogP contribution in [0.1, 0.15) is 25.3 Å². The molecule has 0 spiro atoms. The van der Waals surface area contributed by atoms with Crippen LogP contribution >= 0.6 is 11.6 Å². The third-order valence-electron chi connectivity index (χ3n) is 4.12. The average molecular weight is 311 g/mol. The standard InChI is InChI=1S/C17H27ClN2O/c1-3-9-19-12-17(8-10-21-14-17)13-20(2)11-15-6-4-5-7-16(15)18/h4-7,19H,3,8-14H2,1-2H3. The van der Waals surface area contributed by atoms with Crippen molar-refractivity contribution in [3.8, 4) is 0 Å². The molecule has 0 aliphatic carbocycles. The molecule has 0 bridgehead atoms. The van der Waals surface area contributed by atoms with E-state index >= 15 is 0 Å². The van der Waals surface area contributed by atoms with Gasteiger partial charge in [-0.15, -0.1) is 0 Å². The Kier molecular flexibility index (Phi) is 6.49. The van der Waals surface area contributed by atoms with Gasteiger partial charge in [-0.2, -0.15) is 0 Å². The Morgan fingerprint density at radius 1 is 1.38 bits per heavy atom. The van der Waals surface area contributed by atoms with Crippen LogP contribution in [0.3, 0.4) is 0 Å². The van der Waals surface area contributed by atoms with Crippen LogP contribution in [-0.4, -0.2) is 44.8 Å². The van der Waals surface area contributed by atoms with Crippen molar-refractivity contribution in [1.82, 2.24) is 10.2 Å². The van der Waals surface area contributed by atoms with E-state index in [1.54, 1.807) is 0 Å². The smallest absolute Gasteiger partial charge is 0.0547 e. The van der Waals surface area contributed by atoms with Crippen molar-refractivity contribution in [2.75, 3.05) is 39.9 Å². The molecule has 1 heterocycles. The van der Waals surface area contributed by atoms with Crippen molar-refractivity contribution in [2.45, 2.75) is 26.3 Å². The molecule has 3 nitrogen and oxygen atoms in total. The van der Waals surface area contributed by atoms with Gasteiger partial charge in [0, 0.05) is 36.7 Å². The van der Waals surface area contributed by atoms with Crippen molar-refractivity contribution in [3.63, 3.8) is 0 Å². The number of ether oxygens (including phenoxy) is 1. The molecule has 4 heteroatoms. The van der Waals surface area contributed by atoms with Crippen molar-refractivity contribution >= 4 is 11.6 Å². The SMILES string of the molecule is CCCNCC1(CN(C)Cc2ccccc2Cl)CCOC1. The first-order valence-electron chi connectivity index (χ1n) is 7.86. The fraction of sp³-hybridized carbons (Fsp3) is 0.647. The molecule has 1 atom stereocenters. The quantitative estimate of drug-likeness (QED) is 0.746. The highest BCUT2D eigenvalue weighted by molar-refractivity contribution is 6.31. The first kappa shape index (κ1) is 16.8. The highest BCUT2D eigenvalue weighted by Gasteiger charge is 2.35. The van der Waals surface area contributed by atoms with Gasteiger partial charge in [0.2, 0.25) is 0 Å². The summed E-state index contributed by atoms with van der Waals surface area (Å²) in [5.41, 5.74) is 1.43. The number of hydrogen-bond acceptors (Lipinski definition) is 3. The van der Waals surface area contributed by atoms with Crippen LogP contribution in [0.4, 0.5) is 0 Å². The summed E-state index contributed by atoms with van der Waals surface area (Å²) in [6.45, 7) is 7.98. The lowest BCUT2D eigenvalue weighted by Gasteiger charge is -2.32. The summed E-state index contributed by atoms with van der Waals surface area (Å²) in [7, 11) is 2.17. The Bertz CT molecular complexity index is 433. The Balaban J connectivity index is 1.92. The number of rotatable bonds is 8. The van der Waals surface area contributed by atoms with Gasteiger partial charge in [-0.1, -0.05) is 36.7 Å². The number of halogens is 1. The maximum absolute atomic E-state index is 6.26. The van der Waals surface area contributed by atoms with E-state index < -0.39 is 0 Å². The molecule has 2 rings (SSSR count). The second-order valence-electron chi connectivity index (χ2n) is 6.24. The Morgan fingerprint density at radius 2 is 2.19 bits per heavy atom. The monoisotopic (exact) mass is 310 g/mol. The van der Waals surface area contributed by atoms with Crippen molar-refractivity contribution in [1.29, 1.82) is 0 Å². The molecule has 1 unspecified atom stereocenters. The minimum atomic E-state index is 0.241. The molecule has 21 heavy (non-hydrogen) atoms. The van der Waals surface area contributed by atoms with E-state index in [4.69, 9.17) is 16.3 Å². The minimum Gasteiger partial charge on any atom is -0.381 e. The highest BCUT2D eigenvalue weighted by atomic mass is 35.5. The van der Waals surface area contributed by atoms with Crippen LogP contribution in [0.25, 0.3) is 0 Å². The summed E-state index contributed by atoms with van der Waals surface area (Å²) in [4.78, 5) is 2.36. The lowest BCUT2D eigenvalue weighted by Crippen LogP contribution is -2.43. The molecule has 1 aliphatic rings. The van der Waals surface area contributed by atoms with Gasteiger partial charge < -0.3 is 15.0 Å². The zero-order valence-corrected chi connectivity index (χ0v) is 14.0. The molecule has 0 radical (unpaired) electrons. The second kappa shape index (κ2) is 8.14. The zero-order valence-electron chi connectivity index (χ0n) is 13.2. The second-order valence-corrected chi connectivity index (χ2v) is 6.65. The maximum atomic E-state index is 6.26. The summed E-state index contributed by atoms with van der Waals surface area (Å²) in [6, 6.07) is 8.09. The summed E-state index contributed by atoms with van der Waals surface area (Å²) >= 11 is 6.26. The summed E-state index contributed by atoms with van der Waals surface area (Å²) < 4.78 is 5.67. The molecule has 1 fully saturated rings. The van der Waals surface area contributed by atoms with E-state index in [9.17, 15) is 0 Å². The minimum absolute atomic E-state index is 0.241. The predicted octanol–water partition coefficient (Wildman–Crippen LogP) is 3.18. The molecule has 0 amide bonds. The molecule has 118 valence electrons. The van der Waals surface area contributed by atoms with Gasteiger partial charge in [0.1, 0.15) is 0 Å². The lowest BCUT2D eigenvalue weighted by molar-refractivity contribution is 0.116. The summed E-state index contributed by atoms with van der Waals surface area (Å²) in [5.74, 6) is 0. The van der Waals surface area contributed by atoms with Crippen LogP contribution in [0.15, 0.2) is 24.3 Å². The Morgan fingerprint density at radius 3 is 2.86 bits per heavy atom. The molecule has 1 N–H and O–H groups in total. The number of hydrogen-bond donors (Lipinski definition) is 1. The first-order valence-corrected chi connectivity index (χ1v) is 8.23.